The second-order valence-corrected chi connectivity index (χ2v) is 5.91. The lowest BCUT2D eigenvalue weighted by Gasteiger charge is -2.34. The Morgan fingerprint density at radius 1 is 1.38 bits per heavy atom. The van der Waals surface area contributed by atoms with Crippen molar-refractivity contribution in [2.75, 3.05) is 13.2 Å². The summed E-state index contributed by atoms with van der Waals surface area (Å²) in [4.78, 5) is 21.6. The summed E-state index contributed by atoms with van der Waals surface area (Å²) >= 11 is 0. The fourth-order valence-corrected chi connectivity index (χ4v) is 2.26. The van der Waals surface area contributed by atoms with E-state index in [4.69, 9.17) is 14.2 Å². The van der Waals surface area contributed by atoms with Crippen molar-refractivity contribution in [3.8, 4) is 0 Å². The molecule has 0 aromatic carbocycles. The molecule has 0 spiro atoms. The predicted molar refractivity (Wildman–Crippen MR) is 72.4 cm³/mol. The molecule has 2 N–H and O–H groups in total. The Morgan fingerprint density at radius 2 is 1.95 bits per heavy atom. The molecule has 0 bridgehead atoms. The summed E-state index contributed by atoms with van der Waals surface area (Å²) in [6, 6.07) is 0. The van der Waals surface area contributed by atoms with Gasteiger partial charge in [0.15, 0.2) is 0 Å². The summed E-state index contributed by atoms with van der Waals surface area (Å²) in [5.41, 5.74) is -2.26. The van der Waals surface area contributed by atoms with Crippen LogP contribution in [0.3, 0.4) is 0 Å². The highest BCUT2D eigenvalue weighted by Gasteiger charge is 2.48. The molecule has 21 heavy (non-hydrogen) atoms. The summed E-state index contributed by atoms with van der Waals surface area (Å²) in [6.45, 7) is 5.40. The van der Waals surface area contributed by atoms with Crippen LogP contribution < -0.4 is 0 Å². The first-order valence-corrected chi connectivity index (χ1v) is 6.92. The van der Waals surface area contributed by atoms with Crippen LogP contribution in [0, 0.1) is 0 Å². The summed E-state index contributed by atoms with van der Waals surface area (Å²) in [6.07, 6.45) is -0.567. The van der Waals surface area contributed by atoms with Crippen molar-refractivity contribution in [2.24, 2.45) is 0 Å². The van der Waals surface area contributed by atoms with Crippen LogP contribution in [-0.4, -0.2) is 58.8 Å². The number of carbonyl (C=O) groups excluding carboxylic acids is 2. The first-order valence-electron chi connectivity index (χ1n) is 6.92. The monoisotopic (exact) mass is 304 g/mol. The van der Waals surface area contributed by atoms with Crippen molar-refractivity contribution >= 4 is 11.9 Å². The minimum Gasteiger partial charge on any atom is -0.463 e. The molecule has 0 aromatic rings. The lowest BCUT2D eigenvalue weighted by Crippen LogP contribution is -2.48. The van der Waals surface area contributed by atoms with Crippen molar-refractivity contribution in [1.29, 1.82) is 0 Å². The van der Waals surface area contributed by atoms with E-state index in [9.17, 15) is 19.8 Å². The van der Waals surface area contributed by atoms with Crippen LogP contribution >= 0.6 is 0 Å². The normalized spacial score (nSPS) is 29.5. The van der Waals surface area contributed by atoms with E-state index in [0.29, 0.717) is 12.8 Å². The van der Waals surface area contributed by atoms with Gasteiger partial charge in [0.05, 0.1) is 11.7 Å². The van der Waals surface area contributed by atoms with E-state index in [1.807, 2.05) is 0 Å². The Hall–Kier alpha value is -1.18. The minimum absolute atomic E-state index is 0.162. The van der Waals surface area contributed by atoms with Gasteiger partial charge < -0.3 is 24.4 Å². The Bertz CT molecular complexity index is 393. The highest BCUT2D eigenvalue weighted by molar-refractivity contribution is 5.66. The van der Waals surface area contributed by atoms with E-state index in [1.54, 1.807) is 6.92 Å². The molecule has 4 atom stereocenters. The third-order valence-electron chi connectivity index (χ3n) is 3.73. The molecule has 1 heterocycles. The molecule has 1 saturated heterocycles. The third-order valence-corrected chi connectivity index (χ3v) is 3.73. The van der Waals surface area contributed by atoms with Crippen molar-refractivity contribution in [3.05, 3.63) is 0 Å². The standard InChI is InChI=1S/C14H24O7/c1-9(15)19-7-11(17)14(4)6-5-12(21-14)13(3,18)8-20-10(2)16/h11-12,17-18H,5-8H2,1-4H3/t11-,12-,13+,14-/m1/s1. The van der Waals surface area contributed by atoms with Gasteiger partial charge >= 0.3 is 11.9 Å². The van der Waals surface area contributed by atoms with Gasteiger partial charge in [-0.2, -0.15) is 0 Å². The van der Waals surface area contributed by atoms with Crippen molar-refractivity contribution in [3.63, 3.8) is 0 Å². The quantitative estimate of drug-likeness (QED) is 0.674. The maximum absolute atomic E-state index is 10.8. The van der Waals surface area contributed by atoms with Gasteiger partial charge in [0.2, 0.25) is 0 Å². The Morgan fingerprint density at radius 3 is 2.48 bits per heavy atom. The molecule has 0 aromatic heterocycles. The van der Waals surface area contributed by atoms with Crippen LogP contribution in [0.25, 0.3) is 0 Å². The number of hydrogen-bond acceptors (Lipinski definition) is 7. The average Bonchev–Trinajstić information content (AvgIpc) is 2.78. The topological polar surface area (TPSA) is 102 Å². The average molecular weight is 304 g/mol. The molecule has 0 radical (unpaired) electrons. The summed E-state index contributed by atoms with van der Waals surface area (Å²) in [5.74, 6) is -0.958. The number of ether oxygens (including phenoxy) is 3. The lowest BCUT2D eigenvalue weighted by atomic mass is 9.93. The van der Waals surface area contributed by atoms with Crippen molar-refractivity contribution < 1.29 is 34.0 Å². The second-order valence-electron chi connectivity index (χ2n) is 5.91. The van der Waals surface area contributed by atoms with Crippen LogP contribution in [0.15, 0.2) is 0 Å². The van der Waals surface area contributed by atoms with Gasteiger partial charge in [-0.3, -0.25) is 9.59 Å². The van der Waals surface area contributed by atoms with Gasteiger partial charge in [-0.25, -0.2) is 0 Å². The van der Waals surface area contributed by atoms with Crippen LogP contribution in [0.5, 0.6) is 0 Å². The van der Waals surface area contributed by atoms with E-state index >= 15 is 0 Å². The number of hydrogen-bond donors (Lipinski definition) is 2. The molecular formula is C14H24O7. The van der Waals surface area contributed by atoms with E-state index in [0.717, 1.165) is 0 Å². The van der Waals surface area contributed by atoms with Crippen molar-refractivity contribution in [2.45, 2.75) is 63.9 Å². The molecule has 1 rings (SSSR count). The molecule has 7 nitrogen and oxygen atoms in total. The first kappa shape index (κ1) is 17.9. The van der Waals surface area contributed by atoms with Gasteiger partial charge in [-0.05, 0) is 26.7 Å². The van der Waals surface area contributed by atoms with Gasteiger partial charge in [-0.15, -0.1) is 0 Å². The molecule has 1 aliphatic rings. The molecule has 0 amide bonds. The molecular weight excluding hydrogens is 280 g/mol. The highest BCUT2D eigenvalue weighted by atomic mass is 16.6. The fourth-order valence-electron chi connectivity index (χ4n) is 2.26. The number of rotatable bonds is 6. The van der Waals surface area contributed by atoms with Gasteiger partial charge in [0.1, 0.15) is 24.9 Å². The molecule has 0 aliphatic carbocycles. The predicted octanol–water partition coefficient (Wildman–Crippen LogP) is 0.162. The number of aliphatic hydroxyl groups is 2. The first-order chi connectivity index (χ1) is 9.57. The Kier molecular flexibility index (Phi) is 5.72. The van der Waals surface area contributed by atoms with Crippen LogP contribution in [0.4, 0.5) is 0 Å². The van der Waals surface area contributed by atoms with E-state index in [1.165, 1.54) is 20.8 Å². The molecule has 1 aliphatic heterocycles. The number of aliphatic hydroxyl groups excluding tert-OH is 1. The highest BCUT2D eigenvalue weighted by Crippen LogP contribution is 2.37. The third kappa shape index (κ3) is 4.94. The lowest BCUT2D eigenvalue weighted by molar-refractivity contribution is -0.186. The molecule has 1 fully saturated rings. The van der Waals surface area contributed by atoms with Crippen LogP contribution in [-0.2, 0) is 23.8 Å². The van der Waals surface area contributed by atoms with Crippen LogP contribution in [0.1, 0.15) is 40.5 Å². The van der Waals surface area contributed by atoms with Gasteiger partial charge in [-0.1, -0.05) is 0 Å². The molecule has 0 saturated carbocycles. The summed E-state index contributed by atoms with van der Waals surface area (Å²) in [5, 5.41) is 20.4. The smallest absolute Gasteiger partial charge is 0.302 e. The Balaban J connectivity index is 2.60. The maximum atomic E-state index is 10.8. The van der Waals surface area contributed by atoms with Crippen LogP contribution in [0.2, 0.25) is 0 Å². The molecule has 0 unspecified atom stereocenters. The number of carbonyl (C=O) groups is 2. The van der Waals surface area contributed by atoms with E-state index < -0.39 is 35.3 Å². The zero-order valence-corrected chi connectivity index (χ0v) is 12.9. The largest absolute Gasteiger partial charge is 0.463 e. The maximum Gasteiger partial charge on any atom is 0.302 e. The van der Waals surface area contributed by atoms with E-state index in [-0.39, 0.29) is 13.2 Å². The van der Waals surface area contributed by atoms with Gasteiger partial charge in [0.25, 0.3) is 0 Å². The fraction of sp³-hybridized carbons (Fsp3) is 0.857. The Labute approximate surface area is 124 Å². The summed E-state index contributed by atoms with van der Waals surface area (Å²) in [7, 11) is 0. The summed E-state index contributed by atoms with van der Waals surface area (Å²) < 4.78 is 15.4. The minimum atomic E-state index is -1.34. The second kappa shape index (κ2) is 6.72. The number of esters is 2. The SMILES string of the molecule is CC(=O)OC[C@@H](O)[C@@]1(C)CC[C@H]([C@@](C)(O)COC(C)=O)O1. The van der Waals surface area contributed by atoms with Gasteiger partial charge in [0, 0.05) is 13.8 Å². The zero-order chi connectivity index (χ0) is 16.3. The zero-order valence-electron chi connectivity index (χ0n) is 12.9. The van der Waals surface area contributed by atoms with Crippen molar-refractivity contribution in [1.82, 2.24) is 0 Å². The van der Waals surface area contributed by atoms with E-state index in [2.05, 4.69) is 0 Å². The molecule has 122 valence electrons. The molecule has 7 heteroatoms.